The molecule has 30 heavy (non-hydrogen) atoms. The Morgan fingerprint density at radius 3 is 2.10 bits per heavy atom. The molecule has 0 fully saturated rings. The first-order valence-corrected chi connectivity index (χ1v) is 9.80. The summed E-state index contributed by atoms with van der Waals surface area (Å²) in [6.07, 6.45) is 2.25. The number of rotatable bonds is 1. The van der Waals surface area contributed by atoms with Crippen molar-refractivity contribution in [1.82, 2.24) is 14.5 Å². The van der Waals surface area contributed by atoms with Gasteiger partial charge in [-0.25, -0.2) is 19.1 Å². The Hall–Kier alpha value is -3.16. The maximum Gasteiger partial charge on any atom is 0.419 e. The van der Waals surface area contributed by atoms with Crippen LogP contribution in [0.3, 0.4) is 0 Å². The monoisotopic (exact) mass is 413 g/mol. The topological polar surface area (TPSA) is 90.7 Å². The molecule has 2 aromatic rings. The van der Waals surface area contributed by atoms with Crippen molar-refractivity contribution in [2.24, 2.45) is 0 Å². The van der Waals surface area contributed by atoms with Crippen molar-refractivity contribution in [3.63, 3.8) is 0 Å². The zero-order valence-electron chi connectivity index (χ0n) is 18.2. The number of hydrogen-bond donors (Lipinski definition) is 0. The molecule has 0 spiro atoms. The van der Waals surface area contributed by atoms with E-state index < -0.39 is 29.3 Å². The number of carbonyl (C=O) groups is 3. The molecule has 8 heteroatoms. The molecule has 0 unspecified atom stereocenters. The van der Waals surface area contributed by atoms with Gasteiger partial charge in [0.2, 0.25) is 0 Å². The van der Waals surface area contributed by atoms with Crippen molar-refractivity contribution in [2.45, 2.75) is 59.2 Å². The van der Waals surface area contributed by atoms with E-state index in [9.17, 15) is 14.4 Å². The molecule has 8 nitrogen and oxygen atoms in total. The number of pyridine rings is 1. The maximum atomic E-state index is 13.1. The van der Waals surface area contributed by atoms with Gasteiger partial charge < -0.3 is 9.47 Å². The molecule has 160 valence electrons. The molecule has 3 rings (SSSR count). The van der Waals surface area contributed by atoms with Gasteiger partial charge in [-0.2, -0.15) is 0 Å². The minimum absolute atomic E-state index is 0.114. The van der Waals surface area contributed by atoms with Crippen LogP contribution in [-0.4, -0.2) is 50.3 Å². The summed E-state index contributed by atoms with van der Waals surface area (Å²) in [5.41, 5.74) is 0.594. The first kappa shape index (κ1) is 21.5. The molecule has 0 saturated carbocycles. The van der Waals surface area contributed by atoms with E-state index in [1.165, 1.54) is 4.57 Å². The van der Waals surface area contributed by atoms with Crippen LogP contribution in [0.15, 0.2) is 30.6 Å². The standard InChI is InChI=1S/C22H27N3O5/c1-21(2,3)29-19(27)24-12-9-16-15(18(24)26)13-17(14-7-10-23-11-8-14)25(16)20(28)30-22(4,5)6/h7-8,10-11,13H,9,12H2,1-6H3. The highest BCUT2D eigenvalue weighted by Crippen LogP contribution is 2.31. The van der Waals surface area contributed by atoms with Crippen molar-refractivity contribution in [2.75, 3.05) is 6.54 Å². The molecule has 0 aromatic carbocycles. The Labute approximate surface area is 175 Å². The molecule has 0 bridgehead atoms. The molecule has 2 amide bonds. The number of amides is 2. The van der Waals surface area contributed by atoms with Gasteiger partial charge in [0.25, 0.3) is 5.91 Å². The molecule has 0 radical (unpaired) electrons. The third-order valence-electron chi connectivity index (χ3n) is 4.32. The maximum absolute atomic E-state index is 13.1. The second-order valence-corrected chi connectivity index (χ2v) is 9.13. The van der Waals surface area contributed by atoms with Crippen molar-refractivity contribution in [1.29, 1.82) is 0 Å². The average molecular weight is 413 g/mol. The van der Waals surface area contributed by atoms with Gasteiger partial charge in [-0.15, -0.1) is 0 Å². The first-order chi connectivity index (χ1) is 13.9. The Kier molecular flexibility index (Phi) is 5.45. The normalized spacial score (nSPS) is 14.3. The fourth-order valence-corrected chi connectivity index (χ4v) is 3.19. The Morgan fingerprint density at radius 1 is 0.967 bits per heavy atom. The lowest BCUT2D eigenvalue weighted by molar-refractivity contribution is 0.0232. The number of fused-ring (bicyclic) bond motifs is 1. The second-order valence-electron chi connectivity index (χ2n) is 9.13. The summed E-state index contributed by atoms with van der Waals surface area (Å²) in [5, 5.41) is 0. The highest BCUT2D eigenvalue weighted by Gasteiger charge is 2.37. The van der Waals surface area contributed by atoms with Gasteiger partial charge in [-0.3, -0.25) is 9.78 Å². The van der Waals surface area contributed by atoms with Gasteiger partial charge in [0, 0.05) is 36.6 Å². The molecule has 0 saturated heterocycles. The van der Waals surface area contributed by atoms with Crippen LogP contribution in [0, 0.1) is 0 Å². The van der Waals surface area contributed by atoms with E-state index in [1.54, 1.807) is 72.1 Å². The van der Waals surface area contributed by atoms with Crippen LogP contribution in [0.5, 0.6) is 0 Å². The van der Waals surface area contributed by atoms with E-state index in [2.05, 4.69) is 4.98 Å². The molecular formula is C22H27N3O5. The lowest BCUT2D eigenvalue weighted by Crippen LogP contribution is -2.45. The fraction of sp³-hybridized carbons (Fsp3) is 0.455. The Balaban J connectivity index is 2.06. The molecule has 0 atom stereocenters. The average Bonchev–Trinajstić information content (AvgIpc) is 3.00. The van der Waals surface area contributed by atoms with Crippen molar-refractivity contribution in [3.8, 4) is 11.3 Å². The fourth-order valence-electron chi connectivity index (χ4n) is 3.19. The SMILES string of the molecule is CC(C)(C)OC(=O)N1CCc2c(cc(-c3ccncc3)n2C(=O)OC(C)(C)C)C1=O. The van der Waals surface area contributed by atoms with E-state index in [1.807, 2.05) is 0 Å². The number of carbonyl (C=O) groups excluding carboxylic acids is 3. The molecule has 3 heterocycles. The summed E-state index contributed by atoms with van der Waals surface area (Å²) in [6.45, 7) is 10.7. The number of imide groups is 1. The smallest absolute Gasteiger partial charge is 0.419 e. The van der Waals surface area contributed by atoms with Crippen molar-refractivity contribution in [3.05, 3.63) is 41.9 Å². The molecule has 2 aromatic heterocycles. The van der Waals surface area contributed by atoms with Crippen molar-refractivity contribution < 1.29 is 23.9 Å². The highest BCUT2D eigenvalue weighted by atomic mass is 16.6. The van der Waals surface area contributed by atoms with Gasteiger partial charge in [0.1, 0.15) is 11.2 Å². The van der Waals surface area contributed by atoms with Gasteiger partial charge in [-0.1, -0.05) is 0 Å². The highest BCUT2D eigenvalue weighted by molar-refractivity contribution is 6.06. The van der Waals surface area contributed by atoms with Crippen LogP contribution >= 0.6 is 0 Å². The molecular weight excluding hydrogens is 386 g/mol. The summed E-state index contributed by atoms with van der Waals surface area (Å²) >= 11 is 0. The quantitative estimate of drug-likeness (QED) is 0.694. The summed E-state index contributed by atoms with van der Waals surface area (Å²) in [7, 11) is 0. The van der Waals surface area contributed by atoms with E-state index in [4.69, 9.17) is 9.47 Å². The first-order valence-electron chi connectivity index (χ1n) is 9.80. The minimum Gasteiger partial charge on any atom is -0.443 e. The van der Waals surface area contributed by atoms with E-state index >= 15 is 0 Å². The lowest BCUT2D eigenvalue weighted by Gasteiger charge is -2.29. The van der Waals surface area contributed by atoms with Crippen LogP contribution in [0.1, 0.15) is 57.6 Å². The van der Waals surface area contributed by atoms with E-state index in [0.717, 1.165) is 4.90 Å². The third-order valence-corrected chi connectivity index (χ3v) is 4.32. The largest absolute Gasteiger partial charge is 0.443 e. The van der Waals surface area contributed by atoms with Crippen LogP contribution < -0.4 is 0 Å². The summed E-state index contributed by atoms with van der Waals surface area (Å²) in [4.78, 5) is 43.7. The van der Waals surface area contributed by atoms with Gasteiger partial charge >= 0.3 is 12.2 Å². The van der Waals surface area contributed by atoms with E-state index in [-0.39, 0.29) is 12.1 Å². The Bertz CT molecular complexity index is 981. The van der Waals surface area contributed by atoms with Crippen LogP contribution in [0.2, 0.25) is 0 Å². The zero-order valence-corrected chi connectivity index (χ0v) is 18.2. The predicted octanol–water partition coefficient (Wildman–Crippen LogP) is 4.27. The molecule has 1 aliphatic heterocycles. The zero-order chi connectivity index (χ0) is 22.3. The van der Waals surface area contributed by atoms with Crippen LogP contribution in [0.4, 0.5) is 9.59 Å². The summed E-state index contributed by atoms with van der Waals surface area (Å²) in [5.74, 6) is -0.497. The minimum atomic E-state index is -0.720. The number of nitrogens with zero attached hydrogens (tertiary/aromatic N) is 3. The molecule has 0 N–H and O–H groups in total. The summed E-state index contributed by atoms with van der Waals surface area (Å²) in [6, 6.07) is 5.11. The van der Waals surface area contributed by atoms with E-state index in [0.29, 0.717) is 23.4 Å². The predicted molar refractivity (Wildman–Crippen MR) is 110 cm³/mol. The van der Waals surface area contributed by atoms with Crippen LogP contribution in [-0.2, 0) is 15.9 Å². The number of aromatic nitrogens is 2. The number of hydrogen-bond acceptors (Lipinski definition) is 6. The van der Waals surface area contributed by atoms with Crippen LogP contribution in [0.25, 0.3) is 11.3 Å². The van der Waals surface area contributed by atoms with Gasteiger partial charge in [0.15, 0.2) is 0 Å². The Morgan fingerprint density at radius 2 is 1.53 bits per heavy atom. The summed E-state index contributed by atoms with van der Waals surface area (Å²) < 4.78 is 12.4. The third kappa shape index (κ3) is 4.53. The molecule has 0 aliphatic carbocycles. The van der Waals surface area contributed by atoms with Gasteiger partial charge in [-0.05, 0) is 59.7 Å². The lowest BCUT2D eigenvalue weighted by atomic mass is 10.1. The van der Waals surface area contributed by atoms with Gasteiger partial charge in [0.05, 0.1) is 11.3 Å². The number of ether oxygens (including phenoxy) is 2. The van der Waals surface area contributed by atoms with Crippen molar-refractivity contribution >= 4 is 18.1 Å². The molecule has 1 aliphatic rings. The second kappa shape index (κ2) is 7.59.